The number of hydrogen-bond acceptors (Lipinski definition) is 5. The molecule has 2 N–H and O–H groups in total. The van der Waals surface area contributed by atoms with Crippen molar-refractivity contribution in [1.29, 1.82) is 0 Å². The van der Waals surface area contributed by atoms with Crippen molar-refractivity contribution in [3.63, 3.8) is 0 Å². The number of hydrazone groups is 1. The highest BCUT2D eigenvalue weighted by Crippen LogP contribution is 2.24. The predicted molar refractivity (Wildman–Crippen MR) is 152 cm³/mol. The van der Waals surface area contributed by atoms with E-state index in [-0.39, 0.29) is 12.5 Å². The van der Waals surface area contributed by atoms with Crippen molar-refractivity contribution in [3.8, 4) is 22.7 Å². The molecular weight excluding hydrogens is 546 g/mol. The smallest absolute Gasteiger partial charge is 0.259 e. The maximum absolute atomic E-state index is 12.4. The number of hydrogen-bond donors (Lipinski definition) is 2. The normalized spacial score (nSPS) is 10.9. The predicted octanol–water partition coefficient (Wildman–Crippen LogP) is 5.36. The van der Waals surface area contributed by atoms with Crippen molar-refractivity contribution >= 4 is 34.0 Å². The summed E-state index contributed by atoms with van der Waals surface area (Å²) >= 11 is 3.46. The van der Waals surface area contributed by atoms with Crippen LogP contribution in [0.2, 0.25) is 0 Å². The molecule has 1 heterocycles. The van der Waals surface area contributed by atoms with E-state index in [0.717, 1.165) is 39.8 Å². The third kappa shape index (κ3) is 7.39. The summed E-state index contributed by atoms with van der Waals surface area (Å²) < 4.78 is 8.34. The van der Waals surface area contributed by atoms with Gasteiger partial charge in [0.05, 0.1) is 25.1 Å². The molecule has 0 bridgehead atoms. The van der Waals surface area contributed by atoms with Gasteiger partial charge in [0.15, 0.2) is 0 Å². The number of para-hydroxylation sites is 1. The number of amides is 2. The van der Waals surface area contributed by atoms with Crippen molar-refractivity contribution in [3.05, 3.63) is 101 Å². The lowest BCUT2D eigenvalue weighted by Gasteiger charge is -2.07. The summed E-state index contributed by atoms with van der Waals surface area (Å²) in [6.45, 7) is 2.52. The van der Waals surface area contributed by atoms with Gasteiger partial charge in [0.1, 0.15) is 11.4 Å². The first-order valence-corrected chi connectivity index (χ1v) is 13.1. The van der Waals surface area contributed by atoms with Crippen LogP contribution >= 0.6 is 15.9 Å². The van der Waals surface area contributed by atoms with Gasteiger partial charge >= 0.3 is 0 Å². The summed E-state index contributed by atoms with van der Waals surface area (Å²) in [6.07, 6.45) is 5.41. The molecule has 1 aromatic heterocycles. The molecule has 9 heteroatoms. The van der Waals surface area contributed by atoms with E-state index in [1.54, 1.807) is 35.2 Å². The van der Waals surface area contributed by atoms with Gasteiger partial charge in [-0.05, 0) is 55.0 Å². The van der Waals surface area contributed by atoms with Crippen LogP contribution in [-0.4, -0.2) is 41.0 Å². The SMILES string of the molecule is CCCCOc1ccc(C(=O)NCC(=O)NN=Cc2cn(-c3ccccc3)nc2-c2ccc(Br)cc2)cc1. The second-order valence-corrected chi connectivity index (χ2v) is 9.34. The number of carbonyl (C=O) groups is 2. The van der Waals surface area contributed by atoms with Crippen LogP contribution in [0.4, 0.5) is 0 Å². The number of unbranched alkanes of at least 4 members (excludes halogenated alkanes) is 1. The summed E-state index contributed by atoms with van der Waals surface area (Å²) in [5, 5.41) is 11.4. The molecule has 8 nitrogen and oxygen atoms in total. The third-order valence-corrected chi connectivity index (χ3v) is 6.10. The van der Waals surface area contributed by atoms with Gasteiger partial charge in [0.25, 0.3) is 11.8 Å². The zero-order chi connectivity index (χ0) is 26.7. The molecule has 0 atom stereocenters. The van der Waals surface area contributed by atoms with Crippen molar-refractivity contribution in [2.75, 3.05) is 13.2 Å². The quantitative estimate of drug-likeness (QED) is 0.143. The molecule has 0 radical (unpaired) electrons. The number of rotatable bonds is 11. The molecule has 0 fully saturated rings. The minimum Gasteiger partial charge on any atom is -0.494 e. The second kappa shape index (κ2) is 13.3. The van der Waals surface area contributed by atoms with Gasteiger partial charge in [0.2, 0.25) is 0 Å². The van der Waals surface area contributed by atoms with Gasteiger partial charge in [-0.25, -0.2) is 10.1 Å². The summed E-state index contributed by atoms with van der Waals surface area (Å²) in [5.74, 6) is -0.0964. The number of carbonyl (C=O) groups excluding carboxylic acids is 2. The first-order valence-electron chi connectivity index (χ1n) is 12.3. The highest BCUT2D eigenvalue weighted by Gasteiger charge is 2.12. The lowest BCUT2D eigenvalue weighted by atomic mass is 10.1. The summed E-state index contributed by atoms with van der Waals surface area (Å²) in [5.41, 5.74) is 6.15. The van der Waals surface area contributed by atoms with Gasteiger partial charge in [-0.1, -0.05) is 59.6 Å². The Balaban J connectivity index is 1.36. The van der Waals surface area contributed by atoms with Crippen LogP contribution in [-0.2, 0) is 4.79 Å². The minimum absolute atomic E-state index is 0.215. The lowest BCUT2D eigenvalue weighted by Crippen LogP contribution is -2.34. The van der Waals surface area contributed by atoms with Gasteiger partial charge < -0.3 is 10.1 Å². The van der Waals surface area contributed by atoms with Gasteiger partial charge in [-0.2, -0.15) is 10.2 Å². The zero-order valence-electron chi connectivity index (χ0n) is 20.9. The van der Waals surface area contributed by atoms with Crippen LogP contribution in [0.25, 0.3) is 16.9 Å². The van der Waals surface area contributed by atoms with E-state index in [1.165, 1.54) is 0 Å². The Hall–Kier alpha value is -4.24. The summed E-state index contributed by atoms with van der Waals surface area (Å²) in [6, 6.07) is 24.3. The van der Waals surface area contributed by atoms with E-state index < -0.39 is 5.91 Å². The van der Waals surface area contributed by atoms with Crippen LogP contribution < -0.4 is 15.5 Å². The largest absolute Gasteiger partial charge is 0.494 e. The highest BCUT2D eigenvalue weighted by atomic mass is 79.9. The van der Waals surface area contributed by atoms with Crippen LogP contribution in [0.3, 0.4) is 0 Å². The maximum Gasteiger partial charge on any atom is 0.259 e. The molecule has 0 aliphatic heterocycles. The van der Waals surface area contributed by atoms with E-state index in [1.807, 2.05) is 60.8 Å². The Kier molecular flexibility index (Phi) is 9.42. The first kappa shape index (κ1) is 26.8. The van der Waals surface area contributed by atoms with Crippen LogP contribution in [0.1, 0.15) is 35.7 Å². The molecular formula is C29H28BrN5O3. The first-order chi connectivity index (χ1) is 18.5. The fraction of sp³-hybridized carbons (Fsp3) is 0.172. The van der Waals surface area contributed by atoms with Gasteiger partial charge in [0, 0.05) is 27.4 Å². The molecule has 4 rings (SSSR count). The lowest BCUT2D eigenvalue weighted by molar-refractivity contribution is -0.120. The highest BCUT2D eigenvalue weighted by molar-refractivity contribution is 9.10. The van der Waals surface area contributed by atoms with E-state index in [9.17, 15) is 9.59 Å². The Labute approximate surface area is 229 Å². The molecule has 2 amide bonds. The Morgan fingerprint density at radius 3 is 2.47 bits per heavy atom. The van der Waals surface area contributed by atoms with Crippen molar-refractivity contribution in [2.45, 2.75) is 19.8 Å². The molecule has 0 aliphatic rings. The number of ether oxygens (including phenoxy) is 1. The third-order valence-electron chi connectivity index (χ3n) is 5.57. The molecule has 3 aromatic carbocycles. The van der Waals surface area contributed by atoms with Gasteiger partial charge in [-0.15, -0.1) is 0 Å². The minimum atomic E-state index is -0.449. The Morgan fingerprint density at radius 1 is 1.03 bits per heavy atom. The number of nitrogens with zero attached hydrogens (tertiary/aromatic N) is 3. The van der Waals surface area contributed by atoms with Crippen LogP contribution in [0.15, 0.2) is 94.6 Å². The Bertz CT molecular complexity index is 1380. The second-order valence-electron chi connectivity index (χ2n) is 8.42. The van der Waals surface area contributed by atoms with E-state index >= 15 is 0 Å². The molecule has 194 valence electrons. The molecule has 0 unspecified atom stereocenters. The summed E-state index contributed by atoms with van der Waals surface area (Å²) in [4.78, 5) is 24.7. The average molecular weight is 574 g/mol. The van der Waals surface area contributed by atoms with Crippen molar-refractivity contribution in [2.24, 2.45) is 5.10 Å². The number of nitrogens with one attached hydrogen (secondary N) is 2. The van der Waals surface area contributed by atoms with Gasteiger partial charge in [-0.3, -0.25) is 9.59 Å². The van der Waals surface area contributed by atoms with Crippen molar-refractivity contribution in [1.82, 2.24) is 20.5 Å². The van der Waals surface area contributed by atoms with E-state index in [2.05, 4.69) is 38.7 Å². The van der Waals surface area contributed by atoms with E-state index in [4.69, 9.17) is 9.84 Å². The molecule has 0 spiro atoms. The monoisotopic (exact) mass is 573 g/mol. The maximum atomic E-state index is 12.4. The molecule has 0 saturated heterocycles. The van der Waals surface area contributed by atoms with Crippen LogP contribution in [0, 0.1) is 0 Å². The summed E-state index contributed by atoms with van der Waals surface area (Å²) in [7, 11) is 0. The Morgan fingerprint density at radius 2 is 1.76 bits per heavy atom. The number of aromatic nitrogens is 2. The molecule has 38 heavy (non-hydrogen) atoms. The standard InChI is InChI=1S/C29H28BrN5O3/c1-2-3-17-38-26-15-11-22(12-16-26)29(37)31-19-27(36)33-32-18-23-20-35(25-7-5-4-6-8-25)34-28(23)21-9-13-24(30)14-10-21/h4-16,18,20H,2-3,17,19H2,1H3,(H,31,37)(H,33,36). The molecule has 0 aliphatic carbocycles. The average Bonchev–Trinajstić information content (AvgIpc) is 3.37. The topological polar surface area (TPSA) is 97.6 Å². The molecule has 4 aromatic rings. The zero-order valence-corrected chi connectivity index (χ0v) is 22.5. The fourth-order valence-corrected chi connectivity index (χ4v) is 3.80. The fourth-order valence-electron chi connectivity index (χ4n) is 3.54. The number of benzene rings is 3. The molecule has 0 saturated carbocycles. The van der Waals surface area contributed by atoms with Crippen LogP contribution in [0.5, 0.6) is 5.75 Å². The van der Waals surface area contributed by atoms with Crippen molar-refractivity contribution < 1.29 is 14.3 Å². The van der Waals surface area contributed by atoms with E-state index in [0.29, 0.717) is 17.9 Å². The number of halogens is 1.